The van der Waals surface area contributed by atoms with Gasteiger partial charge in [-0.1, -0.05) is 18.2 Å². The fourth-order valence-corrected chi connectivity index (χ4v) is 1.98. The van der Waals surface area contributed by atoms with Crippen molar-refractivity contribution in [1.29, 1.82) is 5.26 Å². The van der Waals surface area contributed by atoms with Gasteiger partial charge in [-0.2, -0.15) is 5.26 Å². The molecule has 1 aliphatic carbocycles. The van der Waals surface area contributed by atoms with Crippen molar-refractivity contribution >= 4 is 16.6 Å². The summed E-state index contributed by atoms with van der Waals surface area (Å²) in [4.78, 5) is 4.30. The van der Waals surface area contributed by atoms with Crippen LogP contribution < -0.4 is 5.32 Å². The fourth-order valence-electron chi connectivity index (χ4n) is 1.98. The zero-order valence-electron chi connectivity index (χ0n) is 9.70. The summed E-state index contributed by atoms with van der Waals surface area (Å²) in [6.45, 7) is 2.18. The van der Waals surface area contributed by atoms with Gasteiger partial charge in [0.25, 0.3) is 0 Å². The van der Waals surface area contributed by atoms with E-state index in [9.17, 15) is 0 Å². The number of aromatic nitrogens is 1. The van der Waals surface area contributed by atoms with Crippen LogP contribution in [0.15, 0.2) is 30.5 Å². The molecule has 1 aromatic carbocycles. The SMILES string of the molecule is CC1(Nc2c(C#N)cnc3ccccc23)CC1. The first-order valence-electron chi connectivity index (χ1n) is 5.78. The van der Waals surface area contributed by atoms with Gasteiger partial charge in [-0.25, -0.2) is 0 Å². The minimum absolute atomic E-state index is 0.162. The van der Waals surface area contributed by atoms with E-state index in [0.717, 1.165) is 29.4 Å². The molecule has 0 bridgehead atoms. The molecule has 0 unspecified atom stereocenters. The van der Waals surface area contributed by atoms with E-state index in [1.165, 1.54) is 0 Å². The molecule has 0 saturated heterocycles. The lowest BCUT2D eigenvalue weighted by Crippen LogP contribution is -2.17. The standard InChI is InChI=1S/C14H13N3/c1-14(6-7-14)17-13-10(8-15)9-16-12-5-3-2-4-11(12)13/h2-5,9H,6-7H2,1H3,(H,16,17). The predicted molar refractivity (Wildman–Crippen MR) is 67.7 cm³/mol. The summed E-state index contributed by atoms with van der Waals surface area (Å²) >= 11 is 0. The third kappa shape index (κ3) is 1.72. The molecular weight excluding hydrogens is 210 g/mol. The molecule has 0 spiro atoms. The number of para-hydroxylation sites is 1. The summed E-state index contributed by atoms with van der Waals surface area (Å²) in [5, 5.41) is 13.7. The van der Waals surface area contributed by atoms with Crippen LogP contribution in [0.4, 0.5) is 5.69 Å². The Bertz CT molecular complexity index is 621. The van der Waals surface area contributed by atoms with Crippen molar-refractivity contribution < 1.29 is 0 Å². The van der Waals surface area contributed by atoms with Gasteiger partial charge in [0.15, 0.2) is 0 Å². The molecule has 84 valence electrons. The van der Waals surface area contributed by atoms with Crippen molar-refractivity contribution in [3.05, 3.63) is 36.0 Å². The molecule has 0 atom stereocenters. The summed E-state index contributed by atoms with van der Waals surface area (Å²) in [6.07, 6.45) is 3.97. The molecule has 3 heteroatoms. The van der Waals surface area contributed by atoms with Crippen LogP contribution in [0.3, 0.4) is 0 Å². The second-order valence-corrected chi connectivity index (χ2v) is 4.86. The number of hydrogen-bond acceptors (Lipinski definition) is 3. The van der Waals surface area contributed by atoms with Crippen LogP contribution >= 0.6 is 0 Å². The lowest BCUT2D eigenvalue weighted by Gasteiger charge is -2.16. The van der Waals surface area contributed by atoms with Crippen molar-refractivity contribution in [2.45, 2.75) is 25.3 Å². The van der Waals surface area contributed by atoms with Crippen LogP contribution in [0.1, 0.15) is 25.3 Å². The largest absolute Gasteiger partial charge is 0.378 e. The van der Waals surface area contributed by atoms with Gasteiger partial charge >= 0.3 is 0 Å². The van der Waals surface area contributed by atoms with Crippen LogP contribution in [-0.4, -0.2) is 10.5 Å². The number of anilines is 1. The van der Waals surface area contributed by atoms with E-state index in [1.807, 2.05) is 24.3 Å². The Morgan fingerprint density at radius 1 is 1.35 bits per heavy atom. The first kappa shape index (κ1) is 10.1. The minimum Gasteiger partial charge on any atom is -0.378 e. The Kier molecular flexibility index (Phi) is 2.05. The molecule has 1 aliphatic rings. The fraction of sp³-hybridized carbons (Fsp3) is 0.286. The number of nitriles is 1. The summed E-state index contributed by atoms with van der Waals surface area (Å²) < 4.78 is 0. The Morgan fingerprint density at radius 2 is 2.12 bits per heavy atom. The molecule has 1 aromatic heterocycles. The number of benzene rings is 1. The van der Waals surface area contributed by atoms with Crippen molar-refractivity contribution in [2.75, 3.05) is 5.32 Å². The van der Waals surface area contributed by atoms with Crippen molar-refractivity contribution in [3.63, 3.8) is 0 Å². The van der Waals surface area contributed by atoms with E-state index >= 15 is 0 Å². The molecular formula is C14H13N3. The van der Waals surface area contributed by atoms with E-state index < -0.39 is 0 Å². The minimum atomic E-state index is 0.162. The molecule has 1 N–H and O–H groups in total. The number of nitrogens with one attached hydrogen (secondary N) is 1. The van der Waals surface area contributed by atoms with Gasteiger partial charge in [-0.3, -0.25) is 4.98 Å². The molecule has 0 radical (unpaired) electrons. The normalized spacial score (nSPS) is 16.5. The molecule has 1 saturated carbocycles. The van der Waals surface area contributed by atoms with E-state index in [-0.39, 0.29) is 5.54 Å². The van der Waals surface area contributed by atoms with Crippen molar-refractivity contribution in [1.82, 2.24) is 4.98 Å². The molecule has 0 aliphatic heterocycles. The molecule has 1 heterocycles. The first-order valence-corrected chi connectivity index (χ1v) is 5.78. The lowest BCUT2D eigenvalue weighted by molar-refractivity contribution is 0.830. The highest BCUT2D eigenvalue weighted by Crippen LogP contribution is 2.40. The molecule has 1 fully saturated rings. The number of hydrogen-bond donors (Lipinski definition) is 1. The van der Waals surface area contributed by atoms with Gasteiger partial charge < -0.3 is 5.32 Å². The molecule has 2 aromatic rings. The number of pyridine rings is 1. The average molecular weight is 223 g/mol. The average Bonchev–Trinajstić information content (AvgIpc) is 3.08. The maximum Gasteiger partial charge on any atom is 0.103 e. The third-order valence-corrected chi connectivity index (χ3v) is 3.32. The maximum absolute atomic E-state index is 9.17. The third-order valence-electron chi connectivity index (χ3n) is 3.32. The number of fused-ring (bicyclic) bond motifs is 1. The predicted octanol–water partition coefficient (Wildman–Crippen LogP) is 3.07. The smallest absolute Gasteiger partial charge is 0.103 e. The van der Waals surface area contributed by atoms with Gasteiger partial charge in [-0.15, -0.1) is 0 Å². The Labute approximate surface area is 100 Å². The molecule has 0 amide bonds. The second kappa shape index (κ2) is 3.46. The van der Waals surface area contributed by atoms with E-state index in [0.29, 0.717) is 5.56 Å². The summed E-state index contributed by atoms with van der Waals surface area (Å²) in [6, 6.07) is 10.1. The van der Waals surface area contributed by atoms with Gasteiger partial charge in [0, 0.05) is 17.1 Å². The summed E-state index contributed by atoms with van der Waals surface area (Å²) in [5.74, 6) is 0. The highest BCUT2D eigenvalue weighted by atomic mass is 15.0. The van der Waals surface area contributed by atoms with Gasteiger partial charge in [0.05, 0.1) is 16.8 Å². The van der Waals surface area contributed by atoms with Gasteiger partial charge in [0.2, 0.25) is 0 Å². The van der Waals surface area contributed by atoms with Crippen LogP contribution in [-0.2, 0) is 0 Å². The number of rotatable bonds is 2. The Balaban J connectivity index is 2.21. The zero-order valence-corrected chi connectivity index (χ0v) is 9.70. The number of nitrogens with zero attached hydrogens (tertiary/aromatic N) is 2. The molecule has 17 heavy (non-hydrogen) atoms. The van der Waals surface area contributed by atoms with Crippen LogP contribution in [0.5, 0.6) is 0 Å². The van der Waals surface area contributed by atoms with Gasteiger partial charge in [0.1, 0.15) is 6.07 Å². The van der Waals surface area contributed by atoms with E-state index in [1.54, 1.807) is 6.20 Å². The quantitative estimate of drug-likeness (QED) is 0.851. The highest BCUT2D eigenvalue weighted by molar-refractivity contribution is 5.94. The van der Waals surface area contributed by atoms with E-state index in [2.05, 4.69) is 23.3 Å². The van der Waals surface area contributed by atoms with Crippen molar-refractivity contribution in [3.8, 4) is 6.07 Å². The van der Waals surface area contributed by atoms with Crippen LogP contribution in [0.2, 0.25) is 0 Å². The molecule has 3 nitrogen and oxygen atoms in total. The lowest BCUT2D eigenvalue weighted by atomic mass is 10.1. The van der Waals surface area contributed by atoms with Crippen molar-refractivity contribution in [2.24, 2.45) is 0 Å². The van der Waals surface area contributed by atoms with E-state index in [4.69, 9.17) is 5.26 Å². The Hall–Kier alpha value is -2.08. The van der Waals surface area contributed by atoms with Crippen LogP contribution in [0.25, 0.3) is 10.9 Å². The Morgan fingerprint density at radius 3 is 2.82 bits per heavy atom. The highest BCUT2D eigenvalue weighted by Gasteiger charge is 2.37. The monoisotopic (exact) mass is 223 g/mol. The van der Waals surface area contributed by atoms with Crippen LogP contribution in [0, 0.1) is 11.3 Å². The maximum atomic E-state index is 9.17. The second-order valence-electron chi connectivity index (χ2n) is 4.86. The summed E-state index contributed by atoms with van der Waals surface area (Å²) in [5.41, 5.74) is 2.64. The summed E-state index contributed by atoms with van der Waals surface area (Å²) in [7, 11) is 0. The zero-order chi connectivity index (χ0) is 11.9. The van der Waals surface area contributed by atoms with Gasteiger partial charge in [-0.05, 0) is 25.8 Å². The topological polar surface area (TPSA) is 48.7 Å². The first-order chi connectivity index (χ1) is 8.22. The molecule has 3 rings (SSSR count).